The summed E-state index contributed by atoms with van der Waals surface area (Å²) in [6.45, 7) is 2.09. The van der Waals surface area contributed by atoms with Gasteiger partial charge in [-0.2, -0.15) is 0 Å². The van der Waals surface area contributed by atoms with Crippen molar-refractivity contribution in [1.82, 2.24) is 10.2 Å². The molecule has 1 fully saturated rings. The Balaban J connectivity index is 1.51. The van der Waals surface area contributed by atoms with E-state index in [4.69, 9.17) is 23.2 Å². The average molecular weight is 399 g/mol. The molecule has 1 aliphatic heterocycles. The van der Waals surface area contributed by atoms with Crippen LogP contribution in [-0.2, 0) is 6.54 Å². The molecule has 0 aromatic heterocycles. The summed E-state index contributed by atoms with van der Waals surface area (Å²) in [6, 6.07) is 8.77. The smallest absolute Gasteiger partial charge is 0.251 e. The normalized spacial score (nSPS) is 15.8. The van der Waals surface area contributed by atoms with Gasteiger partial charge in [0.05, 0.1) is 0 Å². The molecule has 0 aliphatic carbocycles. The lowest BCUT2D eigenvalue weighted by Crippen LogP contribution is -2.44. The van der Waals surface area contributed by atoms with E-state index in [0.29, 0.717) is 22.2 Å². The number of rotatable bonds is 4. The molecule has 1 saturated heterocycles. The van der Waals surface area contributed by atoms with Crippen LogP contribution in [0, 0.1) is 11.6 Å². The maximum atomic E-state index is 13.3. The lowest BCUT2D eigenvalue weighted by molar-refractivity contribution is 0.0909. The van der Waals surface area contributed by atoms with E-state index in [2.05, 4.69) is 10.2 Å². The minimum atomic E-state index is -0.837. The highest BCUT2D eigenvalue weighted by molar-refractivity contribution is 6.35. The van der Waals surface area contributed by atoms with Crippen molar-refractivity contribution in [3.05, 3.63) is 69.2 Å². The van der Waals surface area contributed by atoms with Crippen LogP contribution in [0.1, 0.15) is 28.8 Å². The van der Waals surface area contributed by atoms with Crippen LogP contribution in [0.15, 0.2) is 36.4 Å². The number of amides is 1. The van der Waals surface area contributed by atoms with Gasteiger partial charge in [-0.25, -0.2) is 8.78 Å². The summed E-state index contributed by atoms with van der Waals surface area (Å²) < 4.78 is 26.3. The Kier molecular flexibility index (Phi) is 6.12. The average Bonchev–Trinajstić information content (AvgIpc) is 2.59. The zero-order valence-corrected chi connectivity index (χ0v) is 15.5. The number of hydrogen-bond acceptors (Lipinski definition) is 2. The predicted molar refractivity (Wildman–Crippen MR) is 98.6 cm³/mol. The van der Waals surface area contributed by atoms with Crippen LogP contribution in [-0.4, -0.2) is 29.9 Å². The van der Waals surface area contributed by atoms with Crippen LogP contribution in [0.5, 0.6) is 0 Å². The number of carbonyl (C=O) groups is 1. The second-order valence-corrected chi connectivity index (χ2v) is 7.30. The van der Waals surface area contributed by atoms with E-state index >= 15 is 0 Å². The van der Waals surface area contributed by atoms with Gasteiger partial charge >= 0.3 is 0 Å². The molecule has 0 saturated carbocycles. The van der Waals surface area contributed by atoms with Crippen molar-refractivity contribution < 1.29 is 13.6 Å². The van der Waals surface area contributed by atoms with Crippen molar-refractivity contribution in [1.29, 1.82) is 0 Å². The van der Waals surface area contributed by atoms with Gasteiger partial charge in [0.25, 0.3) is 5.91 Å². The molecular formula is C19H18Cl2F2N2O. The number of hydrogen-bond donors (Lipinski definition) is 1. The Labute approximate surface area is 160 Å². The van der Waals surface area contributed by atoms with Crippen molar-refractivity contribution in [2.75, 3.05) is 13.1 Å². The van der Waals surface area contributed by atoms with E-state index in [-0.39, 0.29) is 11.9 Å². The fraction of sp³-hybridized carbons (Fsp3) is 0.316. The van der Waals surface area contributed by atoms with Crippen LogP contribution in [0.4, 0.5) is 8.78 Å². The number of nitrogens with zero attached hydrogens (tertiary/aromatic N) is 1. The fourth-order valence-corrected chi connectivity index (χ4v) is 3.61. The molecule has 138 valence electrons. The summed E-state index contributed by atoms with van der Waals surface area (Å²) in [5.41, 5.74) is 1.17. The maximum Gasteiger partial charge on any atom is 0.251 e. The first-order chi connectivity index (χ1) is 12.4. The Morgan fingerprint density at radius 3 is 2.31 bits per heavy atom. The molecule has 26 heavy (non-hydrogen) atoms. The van der Waals surface area contributed by atoms with Crippen molar-refractivity contribution in [3.8, 4) is 0 Å². The number of piperidine rings is 1. The van der Waals surface area contributed by atoms with E-state index in [1.54, 1.807) is 24.3 Å². The highest BCUT2D eigenvalue weighted by Crippen LogP contribution is 2.20. The molecule has 0 unspecified atom stereocenters. The molecule has 0 bridgehead atoms. The number of halogens is 4. The largest absolute Gasteiger partial charge is 0.349 e. The molecular weight excluding hydrogens is 381 g/mol. The first kappa shape index (κ1) is 19.1. The third-order valence-electron chi connectivity index (χ3n) is 4.44. The van der Waals surface area contributed by atoms with Crippen LogP contribution >= 0.6 is 23.2 Å². The van der Waals surface area contributed by atoms with E-state index in [1.807, 2.05) is 0 Å². The van der Waals surface area contributed by atoms with Gasteiger partial charge in [0.15, 0.2) is 11.6 Å². The van der Waals surface area contributed by atoms with Crippen molar-refractivity contribution in [2.45, 2.75) is 25.4 Å². The minimum absolute atomic E-state index is 0.0569. The van der Waals surface area contributed by atoms with Gasteiger partial charge in [0.1, 0.15) is 0 Å². The fourth-order valence-electron chi connectivity index (χ4n) is 3.09. The van der Waals surface area contributed by atoms with E-state index in [9.17, 15) is 13.6 Å². The topological polar surface area (TPSA) is 32.3 Å². The van der Waals surface area contributed by atoms with Crippen LogP contribution in [0.2, 0.25) is 10.0 Å². The molecule has 1 aliphatic rings. The highest BCUT2D eigenvalue weighted by atomic mass is 35.5. The molecule has 2 aromatic rings. The summed E-state index contributed by atoms with van der Waals surface area (Å²) in [6.07, 6.45) is 1.56. The van der Waals surface area contributed by atoms with Crippen LogP contribution in [0.25, 0.3) is 0 Å². The minimum Gasteiger partial charge on any atom is -0.349 e. The van der Waals surface area contributed by atoms with Crippen LogP contribution < -0.4 is 5.32 Å². The van der Waals surface area contributed by atoms with Gasteiger partial charge in [-0.3, -0.25) is 9.69 Å². The summed E-state index contributed by atoms with van der Waals surface area (Å²) in [7, 11) is 0. The summed E-state index contributed by atoms with van der Waals surface area (Å²) in [4.78, 5) is 14.5. The molecule has 0 radical (unpaired) electrons. The standard InChI is InChI=1S/C19H18Cl2F2N2O/c20-14-8-13(9-15(21)10-14)19(26)24-16-3-5-25(6-4-16)11-12-1-2-17(22)18(23)7-12/h1-2,7-10,16H,3-6,11H2,(H,24,26). The Bertz CT molecular complexity index is 788. The molecule has 1 N–H and O–H groups in total. The number of likely N-dealkylation sites (tertiary alicyclic amines) is 1. The zero-order chi connectivity index (χ0) is 18.7. The lowest BCUT2D eigenvalue weighted by atomic mass is 10.0. The van der Waals surface area contributed by atoms with Gasteiger partial charge in [0.2, 0.25) is 0 Å². The predicted octanol–water partition coefficient (Wildman–Crippen LogP) is 4.67. The molecule has 0 atom stereocenters. The summed E-state index contributed by atoms with van der Waals surface area (Å²) in [5.74, 6) is -1.87. The lowest BCUT2D eigenvalue weighted by Gasteiger charge is -2.32. The number of nitrogens with one attached hydrogen (secondary N) is 1. The molecule has 0 spiro atoms. The van der Waals surface area contributed by atoms with Gasteiger partial charge in [-0.05, 0) is 48.7 Å². The van der Waals surface area contributed by atoms with Crippen molar-refractivity contribution in [3.63, 3.8) is 0 Å². The molecule has 3 nitrogen and oxygen atoms in total. The zero-order valence-electron chi connectivity index (χ0n) is 13.9. The summed E-state index contributed by atoms with van der Waals surface area (Å²) in [5, 5.41) is 3.84. The van der Waals surface area contributed by atoms with E-state index < -0.39 is 11.6 Å². The maximum absolute atomic E-state index is 13.3. The second-order valence-electron chi connectivity index (χ2n) is 6.43. The van der Waals surface area contributed by atoms with E-state index in [1.165, 1.54) is 6.07 Å². The van der Waals surface area contributed by atoms with Crippen molar-refractivity contribution >= 4 is 29.1 Å². The molecule has 1 amide bonds. The summed E-state index contributed by atoms with van der Waals surface area (Å²) >= 11 is 11.9. The SMILES string of the molecule is O=C(NC1CCN(Cc2ccc(F)c(F)c2)CC1)c1cc(Cl)cc(Cl)c1. The molecule has 7 heteroatoms. The van der Waals surface area contributed by atoms with Crippen molar-refractivity contribution in [2.24, 2.45) is 0 Å². The molecule has 3 rings (SSSR count). The third kappa shape index (κ3) is 4.93. The molecule has 1 heterocycles. The van der Waals surface area contributed by atoms with E-state index in [0.717, 1.165) is 37.6 Å². The first-order valence-electron chi connectivity index (χ1n) is 8.34. The number of carbonyl (C=O) groups excluding carboxylic acids is 1. The van der Waals surface area contributed by atoms with Crippen LogP contribution in [0.3, 0.4) is 0 Å². The number of benzene rings is 2. The Morgan fingerprint density at radius 1 is 1.04 bits per heavy atom. The Hall–Kier alpha value is -1.69. The van der Waals surface area contributed by atoms with Gasteiger partial charge < -0.3 is 5.32 Å². The first-order valence-corrected chi connectivity index (χ1v) is 9.09. The monoisotopic (exact) mass is 398 g/mol. The molecule has 2 aromatic carbocycles. The van der Waals surface area contributed by atoms with Gasteiger partial charge in [-0.1, -0.05) is 29.3 Å². The third-order valence-corrected chi connectivity index (χ3v) is 4.87. The quantitative estimate of drug-likeness (QED) is 0.811. The van der Waals surface area contributed by atoms with Gasteiger partial charge in [0, 0.05) is 41.3 Å². The second kappa shape index (κ2) is 8.33. The highest BCUT2D eigenvalue weighted by Gasteiger charge is 2.21. The van der Waals surface area contributed by atoms with Gasteiger partial charge in [-0.15, -0.1) is 0 Å². The Morgan fingerprint density at radius 2 is 1.69 bits per heavy atom.